The Balaban J connectivity index is 0.00000106. The molecule has 1 aliphatic rings. The first-order chi connectivity index (χ1) is 7.64. The Morgan fingerprint density at radius 1 is 1.25 bits per heavy atom. The molecule has 0 aromatic heterocycles. The molecule has 0 amide bonds. The van der Waals surface area contributed by atoms with E-state index in [0.717, 1.165) is 20.0 Å². The predicted octanol–water partition coefficient (Wildman–Crippen LogP) is 1.79. The van der Waals surface area contributed by atoms with E-state index in [4.69, 9.17) is 10.8 Å². The Hall–Kier alpha value is 0.110. The second-order valence-corrected chi connectivity index (χ2v) is 6.90. The number of hydrogen-bond acceptors (Lipinski definition) is 3. The number of hydrogen-bond donors (Lipinski definition) is 3. The van der Waals surface area contributed by atoms with Crippen molar-refractivity contribution in [2.24, 2.45) is 11.7 Å². The van der Waals surface area contributed by atoms with Crippen molar-refractivity contribution >= 4 is 7.37 Å². The fraction of sp³-hybridized carbons (Fsp3) is 1.00. The van der Waals surface area contributed by atoms with E-state index in [2.05, 4.69) is 0 Å². The maximum absolute atomic E-state index is 11.7. The first-order valence-electron chi connectivity index (χ1n) is 6.10. The maximum Gasteiger partial charge on any atom is 0.200 e. The van der Waals surface area contributed by atoms with Crippen molar-refractivity contribution in [2.45, 2.75) is 38.5 Å². The molecule has 1 fully saturated rings. The lowest BCUT2D eigenvalue weighted by molar-refractivity contribution is 0.372. The van der Waals surface area contributed by atoms with Crippen LogP contribution < -0.4 is 5.73 Å². The van der Waals surface area contributed by atoms with Gasteiger partial charge in [0.15, 0.2) is 0 Å². The normalized spacial score (nSPS) is 20.8. The number of aliphatic hydroxyl groups excluding tert-OH is 1. The Bertz CT molecular complexity index is 205. The van der Waals surface area contributed by atoms with Crippen LogP contribution in [0.4, 0.5) is 0 Å². The van der Waals surface area contributed by atoms with E-state index in [0.29, 0.717) is 31.2 Å². The molecule has 0 aromatic rings. The molecule has 5 heteroatoms. The van der Waals surface area contributed by atoms with Crippen molar-refractivity contribution in [3.63, 3.8) is 0 Å². The molecule has 1 saturated carbocycles. The smallest absolute Gasteiger partial charge is 0.200 e. The van der Waals surface area contributed by atoms with Crippen LogP contribution in [0.1, 0.15) is 38.5 Å². The highest BCUT2D eigenvalue weighted by Gasteiger charge is 2.24. The Morgan fingerprint density at radius 2 is 1.81 bits per heavy atom. The minimum atomic E-state index is -2.86. The van der Waals surface area contributed by atoms with Gasteiger partial charge in [-0.3, -0.25) is 4.57 Å². The third-order valence-corrected chi connectivity index (χ3v) is 5.08. The molecule has 0 aromatic carbocycles. The Labute approximate surface area is 98.7 Å². The second-order valence-electron chi connectivity index (χ2n) is 4.40. The third kappa shape index (κ3) is 7.39. The fourth-order valence-electron chi connectivity index (χ4n) is 2.20. The highest BCUT2D eigenvalue weighted by atomic mass is 31.2. The van der Waals surface area contributed by atoms with Crippen molar-refractivity contribution in [3.05, 3.63) is 0 Å². The number of aliphatic hydroxyl groups is 1. The van der Waals surface area contributed by atoms with Crippen LogP contribution in [0.5, 0.6) is 0 Å². The molecular formula is C11H26NO3P. The van der Waals surface area contributed by atoms with Gasteiger partial charge in [-0.2, -0.15) is 0 Å². The monoisotopic (exact) mass is 251 g/mol. The molecule has 0 bridgehead atoms. The summed E-state index contributed by atoms with van der Waals surface area (Å²) in [4.78, 5) is 9.70. The van der Waals surface area contributed by atoms with Gasteiger partial charge in [0.1, 0.15) is 0 Å². The van der Waals surface area contributed by atoms with Crippen LogP contribution in [0, 0.1) is 5.92 Å². The zero-order chi connectivity index (χ0) is 12.4. The molecule has 0 aliphatic heterocycles. The fourth-order valence-corrected chi connectivity index (χ4v) is 4.23. The first kappa shape index (κ1) is 16.1. The van der Waals surface area contributed by atoms with Crippen LogP contribution in [-0.2, 0) is 4.57 Å². The van der Waals surface area contributed by atoms with E-state index >= 15 is 0 Å². The van der Waals surface area contributed by atoms with Crippen LogP contribution >= 0.6 is 7.37 Å². The minimum absolute atomic E-state index is 0.417. The minimum Gasteiger partial charge on any atom is -0.400 e. The standard InChI is InChI=1S/C10H22NO2P.CH4O/c11-7-4-8-14(12,13)9-10-5-2-1-3-6-10;1-2/h10H,1-9,11H2,(H,12,13);2H,1H3. The molecule has 4 nitrogen and oxygen atoms in total. The summed E-state index contributed by atoms with van der Waals surface area (Å²) in [7, 11) is -1.86. The maximum atomic E-state index is 11.7. The number of nitrogens with two attached hydrogens (primary N) is 1. The predicted molar refractivity (Wildman–Crippen MR) is 67.9 cm³/mol. The van der Waals surface area contributed by atoms with E-state index < -0.39 is 7.37 Å². The Kier molecular flexibility index (Phi) is 9.24. The highest BCUT2D eigenvalue weighted by Crippen LogP contribution is 2.45. The number of rotatable bonds is 5. The second kappa shape index (κ2) is 9.17. The van der Waals surface area contributed by atoms with Gasteiger partial charge in [-0.15, -0.1) is 0 Å². The van der Waals surface area contributed by atoms with Crippen LogP contribution in [0.3, 0.4) is 0 Å². The topological polar surface area (TPSA) is 83.5 Å². The molecule has 0 saturated heterocycles. The van der Waals surface area contributed by atoms with Gasteiger partial charge >= 0.3 is 0 Å². The van der Waals surface area contributed by atoms with E-state index in [1.54, 1.807) is 0 Å². The van der Waals surface area contributed by atoms with E-state index in [1.807, 2.05) is 0 Å². The third-order valence-electron chi connectivity index (χ3n) is 2.98. The lowest BCUT2D eigenvalue weighted by atomic mass is 9.91. The van der Waals surface area contributed by atoms with Crippen molar-refractivity contribution in [1.82, 2.24) is 0 Å². The summed E-state index contributed by atoms with van der Waals surface area (Å²) in [5.41, 5.74) is 5.34. The molecule has 1 rings (SSSR count). The highest BCUT2D eigenvalue weighted by molar-refractivity contribution is 7.57. The molecule has 0 radical (unpaired) electrons. The molecule has 1 atom stereocenters. The molecule has 0 spiro atoms. The molecule has 1 aliphatic carbocycles. The van der Waals surface area contributed by atoms with Gasteiger partial charge in [-0.25, -0.2) is 0 Å². The first-order valence-corrected chi connectivity index (χ1v) is 8.13. The van der Waals surface area contributed by atoms with Gasteiger partial charge in [-0.05, 0) is 31.7 Å². The van der Waals surface area contributed by atoms with Crippen LogP contribution in [-0.4, -0.2) is 36.0 Å². The summed E-state index contributed by atoms with van der Waals surface area (Å²) < 4.78 is 11.7. The summed E-state index contributed by atoms with van der Waals surface area (Å²) >= 11 is 0. The summed E-state index contributed by atoms with van der Waals surface area (Å²) in [6, 6.07) is 0. The molecule has 4 N–H and O–H groups in total. The summed E-state index contributed by atoms with van der Waals surface area (Å²) in [6.45, 7) is 0.523. The molecule has 1 unspecified atom stereocenters. The largest absolute Gasteiger partial charge is 0.400 e. The SMILES string of the molecule is CO.NCCCP(=O)(O)CC1CCCCC1. The van der Waals surface area contributed by atoms with Crippen LogP contribution in [0.15, 0.2) is 0 Å². The van der Waals surface area contributed by atoms with Crippen LogP contribution in [0.25, 0.3) is 0 Å². The van der Waals surface area contributed by atoms with Gasteiger partial charge in [-0.1, -0.05) is 19.3 Å². The van der Waals surface area contributed by atoms with E-state index in [-0.39, 0.29) is 0 Å². The van der Waals surface area contributed by atoms with Gasteiger partial charge in [0.25, 0.3) is 0 Å². The summed E-state index contributed by atoms with van der Waals surface area (Å²) in [6.07, 6.45) is 7.70. The zero-order valence-electron chi connectivity index (χ0n) is 10.3. The van der Waals surface area contributed by atoms with Gasteiger partial charge < -0.3 is 15.7 Å². The Morgan fingerprint density at radius 3 is 2.31 bits per heavy atom. The van der Waals surface area contributed by atoms with E-state index in [9.17, 15) is 9.46 Å². The lowest BCUT2D eigenvalue weighted by Crippen LogP contribution is -2.13. The van der Waals surface area contributed by atoms with E-state index in [1.165, 1.54) is 19.3 Å². The van der Waals surface area contributed by atoms with Gasteiger partial charge in [0.05, 0.1) is 0 Å². The van der Waals surface area contributed by atoms with Crippen molar-refractivity contribution in [3.8, 4) is 0 Å². The summed E-state index contributed by atoms with van der Waals surface area (Å²) in [5, 5.41) is 7.00. The average Bonchev–Trinajstić information content (AvgIpc) is 2.30. The molecule has 0 heterocycles. The molecule has 16 heavy (non-hydrogen) atoms. The zero-order valence-corrected chi connectivity index (χ0v) is 11.2. The van der Waals surface area contributed by atoms with Crippen molar-refractivity contribution in [1.29, 1.82) is 0 Å². The van der Waals surface area contributed by atoms with Crippen molar-refractivity contribution < 1.29 is 14.6 Å². The van der Waals surface area contributed by atoms with Gasteiger partial charge in [0, 0.05) is 19.4 Å². The molecule has 98 valence electrons. The lowest BCUT2D eigenvalue weighted by Gasteiger charge is -2.23. The quantitative estimate of drug-likeness (QED) is 0.650. The van der Waals surface area contributed by atoms with Crippen LogP contribution in [0.2, 0.25) is 0 Å². The van der Waals surface area contributed by atoms with Crippen molar-refractivity contribution in [2.75, 3.05) is 26.0 Å². The molecular weight excluding hydrogens is 225 g/mol. The summed E-state index contributed by atoms with van der Waals surface area (Å²) in [5.74, 6) is 0.498. The van der Waals surface area contributed by atoms with Gasteiger partial charge in [0.2, 0.25) is 7.37 Å². The average molecular weight is 251 g/mol.